The first-order chi connectivity index (χ1) is 9.16. The van der Waals surface area contributed by atoms with Gasteiger partial charge in [-0.3, -0.25) is 0 Å². The summed E-state index contributed by atoms with van der Waals surface area (Å²) >= 11 is 3.37. The van der Waals surface area contributed by atoms with Crippen LogP contribution in [-0.4, -0.2) is 15.6 Å². The van der Waals surface area contributed by atoms with Gasteiger partial charge >= 0.3 is 5.97 Å². The predicted molar refractivity (Wildman–Crippen MR) is 76.6 cm³/mol. The first kappa shape index (κ1) is 12.5. The average Bonchev–Trinajstić information content (AvgIpc) is 2.80. The molecule has 3 rings (SSSR count). The molecule has 0 aliphatic heterocycles. The van der Waals surface area contributed by atoms with E-state index in [9.17, 15) is 9.90 Å². The predicted octanol–water partition coefficient (Wildman–Crippen LogP) is 3.87. The van der Waals surface area contributed by atoms with Crippen molar-refractivity contribution in [3.63, 3.8) is 0 Å². The van der Waals surface area contributed by atoms with Crippen LogP contribution in [-0.2, 0) is 6.42 Å². The Balaban J connectivity index is 2.11. The molecule has 1 aromatic heterocycles. The van der Waals surface area contributed by atoms with E-state index < -0.39 is 5.97 Å². The van der Waals surface area contributed by atoms with E-state index in [1.54, 1.807) is 6.07 Å². The number of aryl methyl sites for hydroxylation is 1. The lowest BCUT2D eigenvalue weighted by molar-refractivity contribution is 0.0683. The van der Waals surface area contributed by atoms with Crippen LogP contribution < -0.4 is 0 Å². The smallest absolute Gasteiger partial charge is 0.352 e. The Labute approximate surface area is 120 Å². The number of benzene rings is 1. The summed E-state index contributed by atoms with van der Waals surface area (Å²) in [5.41, 5.74) is 2.92. The zero-order valence-electron chi connectivity index (χ0n) is 10.3. The molecule has 0 amide bonds. The number of halogens is 1. The zero-order valence-corrected chi connectivity index (χ0v) is 11.9. The largest absolute Gasteiger partial charge is 0.477 e. The van der Waals surface area contributed by atoms with Gasteiger partial charge in [0.1, 0.15) is 5.69 Å². The van der Waals surface area contributed by atoms with Crippen LogP contribution in [0.2, 0.25) is 0 Å². The van der Waals surface area contributed by atoms with Crippen molar-refractivity contribution >= 4 is 21.9 Å². The second kappa shape index (κ2) is 4.85. The van der Waals surface area contributed by atoms with Crippen LogP contribution in [0.25, 0.3) is 0 Å². The Kier molecular flexibility index (Phi) is 3.19. The number of nitrogens with zero attached hydrogens (tertiary/aromatic N) is 1. The van der Waals surface area contributed by atoms with Crippen LogP contribution in [0.3, 0.4) is 0 Å². The standard InChI is InChI=1S/C15H14BrNO2/c16-11-8-14(15(18)19)17(9-11)13-7-3-5-10-4-1-2-6-12(10)13/h1-2,4,6,8-9,13H,3,5,7H2,(H,18,19). The molecule has 0 saturated carbocycles. The van der Waals surface area contributed by atoms with Crippen LogP contribution in [0.4, 0.5) is 0 Å². The maximum absolute atomic E-state index is 11.3. The normalized spacial score (nSPS) is 18.1. The minimum Gasteiger partial charge on any atom is -0.477 e. The molecule has 98 valence electrons. The Hall–Kier alpha value is -1.55. The van der Waals surface area contributed by atoms with E-state index in [4.69, 9.17) is 0 Å². The number of hydrogen-bond acceptors (Lipinski definition) is 1. The monoisotopic (exact) mass is 319 g/mol. The summed E-state index contributed by atoms with van der Waals surface area (Å²) in [6, 6.07) is 10.1. The summed E-state index contributed by atoms with van der Waals surface area (Å²) in [4.78, 5) is 11.3. The first-order valence-electron chi connectivity index (χ1n) is 6.35. The van der Waals surface area contributed by atoms with Crippen molar-refractivity contribution in [2.45, 2.75) is 25.3 Å². The fourth-order valence-corrected chi connectivity index (χ4v) is 3.33. The first-order valence-corrected chi connectivity index (χ1v) is 7.14. The molecule has 1 aliphatic rings. The number of aromatic carboxylic acids is 1. The highest BCUT2D eigenvalue weighted by molar-refractivity contribution is 9.10. The quantitative estimate of drug-likeness (QED) is 0.912. The van der Waals surface area contributed by atoms with Crippen molar-refractivity contribution in [2.75, 3.05) is 0 Å². The summed E-state index contributed by atoms with van der Waals surface area (Å²) in [7, 11) is 0. The summed E-state index contributed by atoms with van der Waals surface area (Å²) in [5.74, 6) is -0.881. The third-order valence-electron chi connectivity index (χ3n) is 3.71. The topological polar surface area (TPSA) is 42.2 Å². The van der Waals surface area contributed by atoms with Crippen LogP contribution >= 0.6 is 15.9 Å². The Morgan fingerprint density at radius 3 is 2.95 bits per heavy atom. The van der Waals surface area contributed by atoms with Crippen LogP contribution in [0.5, 0.6) is 0 Å². The molecule has 3 nitrogen and oxygen atoms in total. The molecule has 1 atom stereocenters. The van der Waals surface area contributed by atoms with Gasteiger partial charge in [0.25, 0.3) is 0 Å². The third-order valence-corrected chi connectivity index (χ3v) is 4.14. The molecule has 1 aliphatic carbocycles. The fraction of sp³-hybridized carbons (Fsp3) is 0.267. The highest BCUT2D eigenvalue weighted by atomic mass is 79.9. The van der Waals surface area contributed by atoms with Crippen molar-refractivity contribution in [1.29, 1.82) is 0 Å². The molecule has 0 saturated heterocycles. The van der Waals surface area contributed by atoms with Gasteiger partial charge in [0.05, 0.1) is 6.04 Å². The number of carbonyl (C=O) groups is 1. The molecular formula is C15H14BrNO2. The molecule has 4 heteroatoms. The van der Waals surface area contributed by atoms with Crippen molar-refractivity contribution in [1.82, 2.24) is 4.57 Å². The average molecular weight is 320 g/mol. The lowest BCUT2D eigenvalue weighted by atomic mass is 9.87. The molecule has 2 aromatic rings. The highest BCUT2D eigenvalue weighted by Crippen LogP contribution is 2.34. The van der Waals surface area contributed by atoms with Gasteiger partial charge in [-0.25, -0.2) is 4.79 Å². The van der Waals surface area contributed by atoms with Gasteiger partial charge in [0.2, 0.25) is 0 Å². The molecule has 19 heavy (non-hydrogen) atoms. The van der Waals surface area contributed by atoms with Gasteiger partial charge in [0, 0.05) is 10.7 Å². The van der Waals surface area contributed by atoms with Crippen LogP contribution in [0, 0.1) is 0 Å². The van der Waals surface area contributed by atoms with E-state index in [1.165, 1.54) is 11.1 Å². The molecule has 1 unspecified atom stereocenters. The van der Waals surface area contributed by atoms with Gasteiger partial charge in [-0.1, -0.05) is 24.3 Å². The molecular weight excluding hydrogens is 306 g/mol. The minimum absolute atomic E-state index is 0.127. The number of rotatable bonds is 2. The Bertz CT molecular complexity index is 633. The summed E-state index contributed by atoms with van der Waals surface area (Å²) in [6.07, 6.45) is 5.03. The van der Waals surface area contributed by atoms with Gasteiger partial charge < -0.3 is 9.67 Å². The van der Waals surface area contributed by atoms with Crippen molar-refractivity contribution in [3.05, 3.63) is 57.8 Å². The summed E-state index contributed by atoms with van der Waals surface area (Å²) in [6.45, 7) is 0. The lowest BCUT2D eigenvalue weighted by Crippen LogP contribution is -2.20. The molecule has 0 fully saturated rings. The minimum atomic E-state index is -0.881. The van der Waals surface area contributed by atoms with E-state index in [0.29, 0.717) is 5.69 Å². The molecule has 1 heterocycles. The van der Waals surface area contributed by atoms with E-state index in [-0.39, 0.29) is 6.04 Å². The maximum atomic E-state index is 11.3. The van der Waals surface area contributed by atoms with E-state index in [0.717, 1.165) is 23.7 Å². The summed E-state index contributed by atoms with van der Waals surface area (Å²) < 4.78 is 2.69. The van der Waals surface area contributed by atoms with Gasteiger partial charge in [-0.2, -0.15) is 0 Å². The lowest BCUT2D eigenvalue weighted by Gasteiger charge is -2.27. The highest BCUT2D eigenvalue weighted by Gasteiger charge is 2.25. The van der Waals surface area contributed by atoms with Gasteiger partial charge in [-0.15, -0.1) is 0 Å². The zero-order chi connectivity index (χ0) is 13.4. The number of hydrogen-bond donors (Lipinski definition) is 1. The Morgan fingerprint density at radius 1 is 1.37 bits per heavy atom. The van der Waals surface area contributed by atoms with Gasteiger partial charge in [0.15, 0.2) is 0 Å². The number of fused-ring (bicyclic) bond motifs is 1. The fourth-order valence-electron chi connectivity index (χ4n) is 2.89. The Morgan fingerprint density at radius 2 is 2.16 bits per heavy atom. The number of carboxylic acid groups (broad SMARTS) is 1. The molecule has 0 spiro atoms. The number of carboxylic acids is 1. The second-order valence-corrected chi connectivity index (χ2v) is 5.78. The van der Waals surface area contributed by atoms with Crippen molar-refractivity contribution in [3.8, 4) is 0 Å². The number of aromatic nitrogens is 1. The second-order valence-electron chi connectivity index (χ2n) is 4.86. The van der Waals surface area contributed by atoms with E-state index in [1.807, 2.05) is 22.9 Å². The van der Waals surface area contributed by atoms with Crippen LogP contribution in [0.15, 0.2) is 41.0 Å². The van der Waals surface area contributed by atoms with Crippen molar-refractivity contribution in [2.24, 2.45) is 0 Å². The molecule has 1 N–H and O–H groups in total. The van der Waals surface area contributed by atoms with Crippen molar-refractivity contribution < 1.29 is 9.90 Å². The van der Waals surface area contributed by atoms with Gasteiger partial charge in [-0.05, 0) is 52.4 Å². The van der Waals surface area contributed by atoms with E-state index >= 15 is 0 Å². The maximum Gasteiger partial charge on any atom is 0.352 e. The molecule has 1 aromatic carbocycles. The van der Waals surface area contributed by atoms with E-state index in [2.05, 4.69) is 28.1 Å². The summed E-state index contributed by atoms with van der Waals surface area (Å²) in [5, 5.41) is 9.32. The third kappa shape index (κ3) is 2.21. The van der Waals surface area contributed by atoms with Crippen LogP contribution in [0.1, 0.15) is 40.5 Å². The molecule has 0 radical (unpaired) electrons. The molecule has 0 bridgehead atoms. The SMILES string of the molecule is O=C(O)c1cc(Br)cn1C1CCCc2ccccc21.